The monoisotopic (exact) mass is 164 g/mol. The fourth-order valence-corrected chi connectivity index (χ4v) is 2.59. The summed E-state index contributed by atoms with van der Waals surface area (Å²) in [5.41, 5.74) is 0. The van der Waals surface area contributed by atoms with E-state index in [2.05, 4.69) is 0 Å². The molecule has 0 amide bonds. The predicted molar refractivity (Wildman–Crippen MR) is 39.0 cm³/mol. The van der Waals surface area contributed by atoms with Crippen molar-refractivity contribution >= 4 is 9.84 Å². The Bertz CT molecular complexity index is 212. The minimum atomic E-state index is -2.79. The summed E-state index contributed by atoms with van der Waals surface area (Å²) in [6.45, 7) is 2.28. The van der Waals surface area contributed by atoms with E-state index in [0.717, 1.165) is 0 Å². The number of hydrazine groups is 1. The normalized spacial score (nSPS) is 34.0. The van der Waals surface area contributed by atoms with E-state index in [9.17, 15) is 8.42 Å². The molecular formula is C5H12N2O2S. The minimum absolute atomic E-state index is 0.0289. The van der Waals surface area contributed by atoms with Crippen molar-refractivity contribution in [2.24, 2.45) is 5.84 Å². The number of hydrogen-bond acceptors (Lipinski definition) is 4. The van der Waals surface area contributed by atoms with Crippen molar-refractivity contribution < 1.29 is 8.42 Å². The van der Waals surface area contributed by atoms with Crippen LogP contribution in [0.1, 0.15) is 6.92 Å². The number of nitrogens with zero attached hydrogens (tertiary/aromatic N) is 1. The predicted octanol–water partition coefficient (Wildman–Crippen LogP) is -1.02. The molecule has 0 saturated carbocycles. The molecule has 0 bridgehead atoms. The highest BCUT2D eigenvalue weighted by Crippen LogP contribution is 2.06. The molecule has 1 fully saturated rings. The minimum Gasteiger partial charge on any atom is -0.268 e. The molecule has 0 spiro atoms. The number of rotatable bonds is 0. The molecule has 4 nitrogen and oxygen atoms in total. The first-order valence-electron chi connectivity index (χ1n) is 3.23. The molecule has 0 aromatic heterocycles. The average molecular weight is 164 g/mol. The zero-order valence-corrected chi connectivity index (χ0v) is 6.76. The molecule has 1 unspecified atom stereocenters. The molecule has 0 radical (unpaired) electrons. The van der Waals surface area contributed by atoms with E-state index >= 15 is 0 Å². The van der Waals surface area contributed by atoms with E-state index in [-0.39, 0.29) is 17.5 Å². The first-order valence-corrected chi connectivity index (χ1v) is 5.05. The Labute approximate surface area is 60.9 Å². The van der Waals surface area contributed by atoms with Gasteiger partial charge < -0.3 is 0 Å². The van der Waals surface area contributed by atoms with Crippen LogP contribution in [0.15, 0.2) is 0 Å². The van der Waals surface area contributed by atoms with Crippen LogP contribution < -0.4 is 5.84 Å². The lowest BCUT2D eigenvalue weighted by Crippen LogP contribution is -2.50. The van der Waals surface area contributed by atoms with Crippen LogP contribution >= 0.6 is 0 Å². The van der Waals surface area contributed by atoms with Gasteiger partial charge in [0.25, 0.3) is 0 Å². The lowest BCUT2D eigenvalue weighted by atomic mass is 10.4. The fraction of sp³-hybridized carbons (Fsp3) is 1.00. The third-order valence-electron chi connectivity index (χ3n) is 1.72. The molecule has 60 valence electrons. The molecule has 5 heteroatoms. The molecule has 10 heavy (non-hydrogen) atoms. The lowest BCUT2D eigenvalue weighted by Gasteiger charge is -2.28. The van der Waals surface area contributed by atoms with Crippen molar-refractivity contribution in [3.8, 4) is 0 Å². The molecule has 0 aromatic rings. The van der Waals surface area contributed by atoms with Crippen LogP contribution in [-0.4, -0.2) is 37.5 Å². The molecule has 1 aliphatic rings. The van der Waals surface area contributed by atoms with Crippen LogP contribution in [0.3, 0.4) is 0 Å². The maximum atomic E-state index is 10.9. The summed E-state index contributed by atoms with van der Waals surface area (Å²) in [5, 5.41) is 1.57. The number of nitrogens with two attached hydrogens (primary N) is 1. The second-order valence-corrected chi connectivity index (χ2v) is 4.93. The van der Waals surface area contributed by atoms with Crippen LogP contribution in [-0.2, 0) is 9.84 Å². The Morgan fingerprint density at radius 3 is 2.60 bits per heavy atom. The van der Waals surface area contributed by atoms with Crippen molar-refractivity contribution in [1.82, 2.24) is 5.01 Å². The fourth-order valence-electron chi connectivity index (χ4n) is 1.01. The summed E-state index contributed by atoms with van der Waals surface area (Å²) in [7, 11) is -2.79. The van der Waals surface area contributed by atoms with Crippen molar-refractivity contribution in [3.05, 3.63) is 0 Å². The van der Waals surface area contributed by atoms with Crippen molar-refractivity contribution in [2.45, 2.75) is 13.0 Å². The standard InChI is InChI=1S/C5H12N2O2S/c1-5-4-10(8,9)3-2-7(5)6/h5H,2-4,6H2,1H3. The van der Waals surface area contributed by atoms with Gasteiger partial charge in [0.05, 0.1) is 11.5 Å². The molecule has 1 heterocycles. The number of sulfone groups is 1. The van der Waals surface area contributed by atoms with Gasteiger partial charge in [0.1, 0.15) is 0 Å². The molecule has 1 aliphatic heterocycles. The molecule has 2 N–H and O–H groups in total. The first kappa shape index (κ1) is 7.97. The van der Waals surface area contributed by atoms with Gasteiger partial charge in [-0.3, -0.25) is 5.84 Å². The van der Waals surface area contributed by atoms with Crippen LogP contribution in [0, 0.1) is 0 Å². The highest BCUT2D eigenvalue weighted by Gasteiger charge is 2.25. The SMILES string of the molecule is CC1CS(=O)(=O)CCN1N. The topological polar surface area (TPSA) is 63.4 Å². The van der Waals surface area contributed by atoms with Crippen LogP contribution in [0.5, 0.6) is 0 Å². The molecule has 1 saturated heterocycles. The summed E-state index contributed by atoms with van der Waals surface area (Å²) < 4.78 is 21.8. The Kier molecular flexibility index (Phi) is 1.98. The van der Waals surface area contributed by atoms with Crippen LogP contribution in [0.2, 0.25) is 0 Å². The molecular weight excluding hydrogens is 152 g/mol. The van der Waals surface area contributed by atoms with Gasteiger partial charge in [0.2, 0.25) is 0 Å². The third-order valence-corrected chi connectivity index (χ3v) is 3.52. The van der Waals surface area contributed by atoms with Crippen LogP contribution in [0.25, 0.3) is 0 Å². The quantitative estimate of drug-likeness (QED) is 0.465. The Morgan fingerprint density at radius 2 is 2.20 bits per heavy atom. The van der Waals surface area contributed by atoms with E-state index < -0.39 is 9.84 Å². The van der Waals surface area contributed by atoms with Gasteiger partial charge in [-0.1, -0.05) is 0 Å². The summed E-state index contributed by atoms with van der Waals surface area (Å²) in [5.74, 6) is 5.87. The van der Waals surface area contributed by atoms with E-state index in [1.54, 1.807) is 5.01 Å². The highest BCUT2D eigenvalue weighted by atomic mass is 32.2. The third kappa shape index (κ3) is 1.68. The highest BCUT2D eigenvalue weighted by molar-refractivity contribution is 7.91. The molecule has 0 aliphatic carbocycles. The van der Waals surface area contributed by atoms with Crippen molar-refractivity contribution in [1.29, 1.82) is 0 Å². The summed E-state index contributed by atoms with van der Waals surface area (Å²) in [4.78, 5) is 0. The van der Waals surface area contributed by atoms with Gasteiger partial charge in [-0.2, -0.15) is 0 Å². The van der Waals surface area contributed by atoms with Gasteiger partial charge in [-0.15, -0.1) is 0 Å². The van der Waals surface area contributed by atoms with E-state index in [4.69, 9.17) is 5.84 Å². The number of hydrogen-bond donors (Lipinski definition) is 1. The van der Waals surface area contributed by atoms with Gasteiger partial charge >= 0.3 is 0 Å². The lowest BCUT2D eigenvalue weighted by molar-refractivity contribution is 0.233. The summed E-state index contributed by atoms with van der Waals surface area (Å²) in [6.07, 6.45) is 0. The van der Waals surface area contributed by atoms with E-state index in [1.165, 1.54) is 0 Å². The molecule has 1 atom stereocenters. The van der Waals surface area contributed by atoms with Gasteiger partial charge in [0, 0.05) is 12.6 Å². The maximum Gasteiger partial charge on any atom is 0.153 e. The second kappa shape index (κ2) is 2.48. The summed E-state index contributed by atoms with van der Waals surface area (Å²) in [6, 6.07) is -0.0289. The van der Waals surface area contributed by atoms with Crippen molar-refractivity contribution in [2.75, 3.05) is 18.1 Å². The van der Waals surface area contributed by atoms with Crippen LogP contribution in [0.4, 0.5) is 0 Å². The van der Waals surface area contributed by atoms with Gasteiger partial charge in [0.15, 0.2) is 9.84 Å². The van der Waals surface area contributed by atoms with E-state index in [0.29, 0.717) is 6.54 Å². The zero-order valence-electron chi connectivity index (χ0n) is 5.95. The first-order chi connectivity index (χ1) is 4.51. The average Bonchev–Trinajstić information content (AvgIpc) is 1.79. The van der Waals surface area contributed by atoms with Gasteiger partial charge in [-0.25, -0.2) is 13.4 Å². The molecule has 1 rings (SSSR count). The van der Waals surface area contributed by atoms with E-state index in [1.807, 2.05) is 6.92 Å². The Balaban J connectivity index is 2.66. The largest absolute Gasteiger partial charge is 0.268 e. The maximum absolute atomic E-state index is 10.9. The second-order valence-electron chi connectivity index (χ2n) is 2.70. The van der Waals surface area contributed by atoms with Crippen molar-refractivity contribution in [3.63, 3.8) is 0 Å². The zero-order chi connectivity index (χ0) is 7.78. The molecule has 0 aromatic carbocycles. The Hall–Kier alpha value is -0.130. The smallest absolute Gasteiger partial charge is 0.153 e. The summed E-state index contributed by atoms with van der Waals surface area (Å²) >= 11 is 0. The Morgan fingerprint density at radius 1 is 1.60 bits per heavy atom. The van der Waals surface area contributed by atoms with Gasteiger partial charge in [-0.05, 0) is 6.92 Å².